The van der Waals surface area contributed by atoms with Crippen molar-refractivity contribution in [1.82, 2.24) is 10.2 Å². The summed E-state index contributed by atoms with van der Waals surface area (Å²) in [5.41, 5.74) is 2.08. The Morgan fingerprint density at radius 2 is 1.88 bits per heavy atom. The molecule has 1 aliphatic rings. The minimum atomic E-state index is 0.133. The zero-order valence-corrected chi connectivity index (χ0v) is 9.70. The Labute approximate surface area is 96.5 Å². The first-order valence-electron chi connectivity index (χ1n) is 5.78. The van der Waals surface area contributed by atoms with Gasteiger partial charge in [-0.15, -0.1) is 0 Å². The second kappa shape index (κ2) is 5.23. The molecule has 16 heavy (non-hydrogen) atoms. The Morgan fingerprint density at radius 3 is 2.44 bits per heavy atom. The molecule has 3 heteroatoms. The van der Waals surface area contributed by atoms with Gasteiger partial charge >= 0.3 is 0 Å². The zero-order chi connectivity index (χ0) is 11.4. The maximum Gasteiger partial charge on any atom is 0.159 e. The lowest BCUT2D eigenvalue weighted by Crippen LogP contribution is -2.42. The molecule has 0 atom stereocenters. The third kappa shape index (κ3) is 2.90. The molecule has 1 aromatic rings. The molecule has 0 radical (unpaired) electrons. The van der Waals surface area contributed by atoms with Crippen molar-refractivity contribution in [2.45, 2.75) is 13.5 Å². The van der Waals surface area contributed by atoms with Crippen molar-refractivity contribution in [1.29, 1.82) is 0 Å². The van der Waals surface area contributed by atoms with Crippen LogP contribution in [0.2, 0.25) is 0 Å². The molecule has 1 fully saturated rings. The highest BCUT2D eigenvalue weighted by Gasteiger charge is 2.09. The van der Waals surface area contributed by atoms with Crippen molar-refractivity contribution < 1.29 is 4.79 Å². The van der Waals surface area contributed by atoms with Crippen molar-refractivity contribution in [2.24, 2.45) is 0 Å². The molecule has 0 aromatic heterocycles. The van der Waals surface area contributed by atoms with Crippen LogP contribution in [-0.2, 0) is 6.54 Å². The van der Waals surface area contributed by atoms with Crippen LogP contribution in [0.3, 0.4) is 0 Å². The van der Waals surface area contributed by atoms with Gasteiger partial charge in [-0.1, -0.05) is 24.3 Å². The minimum absolute atomic E-state index is 0.133. The fourth-order valence-electron chi connectivity index (χ4n) is 1.97. The Balaban J connectivity index is 1.96. The second-order valence-corrected chi connectivity index (χ2v) is 4.28. The molecule has 1 aliphatic heterocycles. The lowest BCUT2D eigenvalue weighted by atomic mass is 10.1. The summed E-state index contributed by atoms with van der Waals surface area (Å²) in [5, 5.41) is 3.34. The van der Waals surface area contributed by atoms with E-state index in [1.54, 1.807) is 6.92 Å². The highest BCUT2D eigenvalue weighted by molar-refractivity contribution is 5.93. The number of carbonyl (C=O) groups is 1. The van der Waals surface area contributed by atoms with Gasteiger partial charge in [0.2, 0.25) is 0 Å². The van der Waals surface area contributed by atoms with Crippen LogP contribution in [0.25, 0.3) is 0 Å². The zero-order valence-electron chi connectivity index (χ0n) is 9.70. The number of ketones is 1. The SMILES string of the molecule is CC(=O)c1ccc(CN2CCNCC2)cc1. The van der Waals surface area contributed by atoms with Crippen molar-refractivity contribution in [3.63, 3.8) is 0 Å². The van der Waals surface area contributed by atoms with E-state index in [2.05, 4.69) is 22.3 Å². The highest BCUT2D eigenvalue weighted by Crippen LogP contribution is 2.08. The van der Waals surface area contributed by atoms with Gasteiger partial charge in [0.1, 0.15) is 0 Å². The number of carbonyl (C=O) groups excluding carboxylic acids is 1. The van der Waals surface area contributed by atoms with Crippen molar-refractivity contribution in [3.8, 4) is 0 Å². The van der Waals surface area contributed by atoms with Crippen molar-refractivity contribution >= 4 is 5.78 Å². The molecule has 1 aromatic carbocycles. The normalized spacial score (nSPS) is 17.3. The Hall–Kier alpha value is -1.19. The van der Waals surface area contributed by atoms with Gasteiger partial charge in [0.25, 0.3) is 0 Å². The summed E-state index contributed by atoms with van der Waals surface area (Å²) in [6, 6.07) is 7.94. The second-order valence-electron chi connectivity index (χ2n) is 4.28. The monoisotopic (exact) mass is 218 g/mol. The van der Waals surface area contributed by atoms with Gasteiger partial charge in [-0.2, -0.15) is 0 Å². The van der Waals surface area contributed by atoms with E-state index in [1.165, 1.54) is 5.56 Å². The molecule has 0 spiro atoms. The molecule has 0 unspecified atom stereocenters. The molecule has 86 valence electrons. The van der Waals surface area contributed by atoms with Crippen LogP contribution in [-0.4, -0.2) is 36.9 Å². The van der Waals surface area contributed by atoms with Crippen LogP contribution in [0.15, 0.2) is 24.3 Å². The van der Waals surface area contributed by atoms with Crippen molar-refractivity contribution in [2.75, 3.05) is 26.2 Å². The van der Waals surface area contributed by atoms with Gasteiger partial charge in [0.15, 0.2) is 5.78 Å². The van der Waals surface area contributed by atoms with Gasteiger partial charge in [0, 0.05) is 38.3 Å². The molecule has 1 N–H and O–H groups in total. The maximum atomic E-state index is 11.1. The van der Waals surface area contributed by atoms with Crippen LogP contribution in [0, 0.1) is 0 Å². The molecule has 2 rings (SSSR count). The quantitative estimate of drug-likeness (QED) is 0.776. The molecule has 0 aliphatic carbocycles. The molecule has 0 bridgehead atoms. The van der Waals surface area contributed by atoms with Crippen LogP contribution in [0.1, 0.15) is 22.8 Å². The number of nitrogens with one attached hydrogen (secondary N) is 1. The molecule has 1 heterocycles. The van der Waals surface area contributed by atoms with E-state index in [4.69, 9.17) is 0 Å². The smallest absolute Gasteiger partial charge is 0.159 e. The number of Topliss-reactive ketones (excluding diaryl/α,β-unsaturated/α-hetero) is 1. The summed E-state index contributed by atoms with van der Waals surface area (Å²) in [6.07, 6.45) is 0. The molecule has 0 saturated carbocycles. The highest BCUT2D eigenvalue weighted by atomic mass is 16.1. The minimum Gasteiger partial charge on any atom is -0.314 e. The van der Waals surface area contributed by atoms with E-state index in [1.807, 2.05) is 12.1 Å². The molecule has 0 amide bonds. The third-order valence-electron chi connectivity index (χ3n) is 2.98. The van der Waals surface area contributed by atoms with Crippen LogP contribution in [0.4, 0.5) is 0 Å². The van der Waals surface area contributed by atoms with E-state index in [-0.39, 0.29) is 5.78 Å². The summed E-state index contributed by atoms with van der Waals surface area (Å²) < 4.78 is 0. The largest absolute Gasteiger partial charge is 0.314 e. The fraction of sp³-hybridized carbons (Fsp3) is 0.462. The van der Waals surface area contributed by atoms with Gasteiger partial charge in [0.05, 0.1) is 0 Å². The van der Waals surface area contributed by atoms with Crippen LogP contribution in [0.5, 0.6) is 0 Å². The van der Waals surface area contributed by atoms with Gasteiger partial charge in [-0.25, -0.2) is 0 Å². The van der Waals surface area contributed by atoms with Gasteiger partial charge < -0.3 is 5.32 Å². The maximum absolute atomic E-state index is 11.1. The Kier molecular flexibility index (Phi) is 3.70. The summed E-state index contributed by atoms with van der Waals surface area (Å²) >= 11 is 0. The average Bonchev–Trinajstić information content (AvgIpc) is 2.31. The predicted octanol–water partition coefficient (Wildman–Crippen LogP) is 1.29. The lowest BCUT2D eigenvalue weighted by Gasteiger charge is -2.27. The van der Waals surface area contributed by atoms with Crippen LogP contribution >= 0.6 is 0 Å². The number of rotatable bonds is 3. The Bertz CT molecular complexity index is 353. The molecular formula is C13H18N2O. The summed E-state index contributed by atoms with van der Waals surface area (Å²) in [7, 11) is 0. The van der Waals surface area contributed by atoms with Crippen LogP contribution < -0.4 is 5.32 Å². The number of piperazine rings is 1. The first-order valence-corrected chi connectivity index (χ1v) is 5.78. The van der Waals surface area contributed by atoms with Gasteiger partial charge in [-0.05, 0) is 12.5 Å². The van der Waals surface area contributed by atoms with E-state index in [9.17, 15) is 4.79 Å². The number of hydrogen-bond donors (Lipinski definition) is 1. The standard InChI is InChI=1S/C13H18N2O/c1-11(16)13-4-2-12(3-5-13)10-15-8-6-14-7-9-15/h2-5,14H,6-10H2,1H3. The Morgan fingerprint density at radius 1 is 1.25 bits per heavy atom. The number of hydrogen-bond acceptors (Lipinski definition) is 3. The topological polar surface area (TPSA) is 32.3 Å². The lowest BCUT2D eigenvalue weighted by molar-refractivity contribution is 0.101. The van der Waals surface area contributed by atoms with Crippen molar-refractivity contribution in [3.05, 3.63) is 35.4 Å². The van der Waals surface area contributed by atoms with E-state index >= 15 is 0 Å². The van der Waals surface area contributed by atoms with E-state index in [0.717, 1.165) is 38.3 Å². The molecular weight excluding hydrogens is 200 g/mol. The number of benzene rings is 1. The van der Waals surface area contributed by atoms with Gasteiger partial charge in [-0.3, -0.25) is 9.69 Å². The van der Waals surface area contributed by atoms with E-state index < -0.39 is 0 Å². The fourth-order valence-corrected chi connectivity index (χ4v) is 1.97. The first kappa shape index (κ1) is 11.3. The summed E-state index contributed by atoms with van der Waals surface area (Å²) in [5.74, 6) is 0.133. The summed E-state index contributed by atoms with van der Waals surface area (Å²) in [4.78, 5) is 13.6. The van der Waals surface area contributed by atoms with E-state index in [0.29, 0.717) is 0 Å². The number of nitrogens with zero attached hydrogens (tertiary/aromatic N) is 1. The third-order valence-corrected chi connectivity index (χ3v) is 2.98. The molecule has 1 saturated heterocycles. The molecule has 3 nitrogen and oxygen atoms in total. The summed E-state index contributed by atoms with van der Waals surface area (Å²) in [6.45, 7) is 6.95. The predicted molar refractivity (Wildman–Crippen MR) is 64.6 cm³/mol. The first-order chi connectivity index (χ1) is 7.75. The average molecular weight is 218 g/mol.